The van der Waals surface area contributed by atoms with Crippen molar-refractivity contribution >= 4 is 21.7 Å². The van der Waals surface area contributed by atoms with Crippen LogP contribution < -0.4 is 0 Å². The highest BCUT2D eigenvalue weighted by Gasteiger charge is 2.41. The van der Waals surface area contributed by atoms with Gasteiger partial charge in [-0.2, -0.15) is 0 Å². The van der Waals surface area contributed by atoms with Crippen molar-refractivity contribution < 1.29 is 22.4 Å². The first-order chi connectivity index (χ1) is 13.7. The van der Waals surface area contributed by atoms with Crippen molar-refractivity contribution in [3.8, 4) is 0 Å². The molecule has 2 atom stereocenters. The summed E-state index contributed by atoms with van der Waals surface area (Å²) in [7, 11) is -1.32. The van der Waals surface area contributed by atoms with Gasteiger partial charge in [0.05, 0.1) is 17.7 Å². The van der Waals surface area contributed by atoms with Crippen molar-refractivity contribution in [2.45, 2.75) is 18.9 Å². The van der Waals surface area contributed by atoms with E-state index in [0.717, 1.165) is 5.56 Å². The van der Waals surface area contributed by atoms with Crippen molar-refractivity contribution in [3.05, 3.63) is 35.6 Å². The molecule has 1 aromatic rings. The van der Waals surface area contributed by atoms with Crippen molar-refractivity contribution in [2.24, 2.45) is 5.92 Å². The van der Waals surface area contributed by atoms with Gasteiger partial charge in [-0.3, -0.25) is 14.5 Å². The number of likely N-dealkylation sites (tertiary alicyclic amines) is 1. The number of halogens is 1. The van der Waals surface area contributed by atoms with E-state index in [1.165, 1.54) is 18.4 Å². The number of nitrogens with zero attached hydrogens (tertiary/aromatic N) is 3. The lowest BCUT2D eigenvalue weighted by Gasteiger charge is -2.42. The van der Waals surface area contributed by atoms with E-state index in [-0.39, 0.29) is 29.3 Å². The highest BCUT2D eigenvalue weighted by atomic mass is 32.2. The fourth-order valence-electron chi connectivity index (χ4n) is 4.13. The molecule has 2 amide bonds. The van der Waals surface area contributed by atoms with Gasteiger partial charge >= 0.3 is 0 Å². The number of benzene rings is 1. The molecule has 0 saturated carbocycles. The molecule has 2 saturated heterocycles. The highest BCUT2D eigenvalue weighted by Crippen LogP contribution is 2.37. The third-order valence-electron chi connectivity index (χ3n) is 5.85. The zero-order valence-electron chi connectivity index (χ0n) is 16.9. The van der Waals surface area contributed by atoms with Gasteiger partial charge in [0.1, 0.15) is 15.7 Å². The molecular weight excluding hydrogens is 397 g/mol. The minimum atomic E-state index is -3.01. The summed E-state index contributed by atoms with van der Waals surface area (Å²) in [6, 6.07) is 5.57. The standard InChI is InChI=1S/C20H28FN3O4S/c1-22-18(25)8-7-17(19(22)15-3-5-16(21)6-4-15)20(26)24-11-9-23(10-12-24)13-14-29(2,27)28/h3-6,17,19H,7-14H2,1-2H3. The number of carbonyl (C=O) groups is 2. The first-order valence-corrected chi connectivity index (χ1v) is 11.9. The van der Waals surface area contributed by atoms with Gasteiger partial charge in [-0.1, -0.05) is 12.1 Å². The van der Waals surface area contributed by atoms with E-state index in [1.807, 2.05) is 4.90 Å². The molecule has 0 bridgehead atoms. The largest absolute Gasteiger partial charge is 0.340 e. The van der Waals surface area contributed by atoms with E-state index in [1.54, 1.807) is 24.1 Å². The maximum absolute atomic E-state index is 13.3. The van der Waals surface area contributed by atoms with Gasteiger partial charge in [-0.25, -0.2) is 12.8 Å². The van der Waals surface area contributed by atoms with Gasteiger partial charge in [-0.05, 0) is 24.1 Å². The Morgan fingerprint density at radius 3 is 2.34 bits per heavy atom. The molecule has 3 rings (SSSR count). The summed E-state index contributed by atoms with van der Waals surface area (Å²) >= 11 is 0. The average molecular weight is 426 g/mol. The van der Waals surface area contributed by atoms with Crippen LogP contribution >= 0.6 is 0 Å². The zero-order chi connectivity index (χ0) is 21.2. The average Bonchev–Trinajstić information content (AvgIpc) is 2.68. The zero-order valence-corrected chi connectivity index (χ0v) is 17.7. The second kappa shape index (κ2) is 8.79. The summed E-state index contributed by atoms with van der Waals surface area (Å²) in [6.07, 6.45) is 2.01. The normalized spacial score (nSPS) is 24.0. The van der Waals surface area contributed by atoms with E-state index in [9.17, 15) is 22.4 Å². The lowest BCUT2D eigenvalue weighted by atomic mass is 9.83. The van der Waals surface area contributed by atoms with Crippen molar-refractivity contribution in [3.63, 3.8) is 0 Å². The number of carbonyl (C=O) groups excluding carboxylic acids is 2. The first-order valence-electron chi connectivity index (χ1n) is 9.86. The Balaban J connectivity index is 1.68. The molecule has 160 valence electrons. The fourth-order valence-corrected chi connectivity index (χ4v) is 4.72. The molecule has 9 heteroatoms. The predicted molar refractivity (Wildman–Crippen MR) is 107 cm³/mol. The number of piperidine rings is 1. The minimum Gasteiger partial charge on any atom is -0.340 e. The maximum atomic E-state index is 13.3. The Morgan fingerprint density at radius 1 is 1.14 bits per heavy atom. The molecule has 0 spiro atoms. The SMILES string of the molecule is CN1C(=O)CCC(C(=O)N2CCN(CCS(C)(=O)=O)CC2)C1c1ccc(F)cc1. The summed E-state index contributed by atoms with van der Waals surface area (Å²) in [4.78, 5) is 31.0. The smallest absolute Gasteiger partial charge is 0.228 e. The molecule has 7 nitrogen and oxygen atoms in total. The Hall–Kier alpha value is -2.00. The molecule has 1 aromatic carbocycles. The van der Waals surface area contributed by atoms with Crippen LogP contribution in [-0.4, -0.2) is 86.7 Å². The molecule has 0 radical (unpaired) electrons. The molecule has 0 N–H and O–H groups in total. The summed E-state index contributed by atoms with van der Waals surface area (Å²) in [6.45, 7) is 2.80. The fraction of sp³-hybridized carbons (Fsp3) is 0.600. The minimum absolute atomic E-state index is 0.00133. The van der Waals surface area contributed by atoms with E-state index in [2.05, 4.69) is 4.90 Å². The summed E-state index contributed by atoms with van der Waals surface area (Å²) in [5.74, 6) is -0.629. The molecule has 2 fully saturated rings. The Bertz CT molecular complexity index is 851. The third-order valence-corrected chi connectivity index (χ3v) is 6.78. The Labute approximate surface area is 171 Å². The second-order valence-corrected chi connectivity index (χ2v) is 10.2. The second-order valence-electron chi connectivity index (χ2n) is 7.94. The molecule has 0 aromatic heterocycles. The van der Waals surface area contributed by atoms with Crippen molar-refractivity contribution in [1.29, 1.82) is 0 Å². The Kier molecular flexibility index (Phi) is 6.58. The number of hydrogen-bond donors (Lipinski definition) is 0. The molecule has 2 heterocycles. The monoisotopic (exact) mass is 425 g/mol. The van der Waals surface area contributed by atoms with Crippen LogP contribution in [0.25, 0.3) is 0 Å². The Morgan fingerprint density at radius 2 is 1.76 bits per heavy atom. The quantitative estimate of drug-likeness (QED) is 0.701. The number of rotatable bonds is 5. The number of amides is 2. The van der Waals surface area contributed by atoms with Crippen molar-refractivity contribution in [2.75, 3.05) is 51.8 Å². The summed E-state index contributed by atoms with van der Waals surface area (Å²) < 4.78 is 36.1. The van der Waals surface area contributed by atoms with Crippen LogP contribution in [0.1, 0.15) is 24.4 Å². The molecule has 29 heavy (non-hydrogen) atoms. The van der Waals surface area contributed by atoms with Crippen LogP contribution in [0.4, 0.5) is 4.39 Å². The molecular formula is C20H28FN3O4S. The van der Waals surface area contributed by atoms with Crippen LogP contribution in [0, 0.1) is 11.7 Å². The van der Waals surface area contributed by atoms with Crippen LogP contribution in [0.5, 0.6) is 0 Å². The predicted octanol–water partition coefficient (Wildman–Crippen LogP) is 0.924. The van der Waals surface area contributed by atoms with Crippen LogP contribution in [-0.2, 0) is 19.4 Å². The topological polar surface area (TPSA) is 78.0 Å². The van der Waals surface area contributed by atoms with Gasteiger partial charge in [0.25, 0.3) is 0 Å². The maximum Gasteiger partial charge on any atom is 0.228 e. The number of piperazine rings is 1. The van der Waals surface area contributed by atoms with Gasteiger partial charge < -0.3 is 9.80 Å². The number of hydrogen-bond acceptors (Lipinski definition) is 5. The summed E-state index contributed by atoms with van der Waals surface area (Å²) in [5.41, 5.74) is 0.757. The molecule has 2 aliphatic heterocycles. The van der Waals surface area contributed by atoms with E-state index in [0.29, 0.717) is 45.6 Å². The van der Waals surface area contributed by atoms with E-state index in [4.69, 9.17) is 0 Å². The molecule has 0 aliphatic carbocycles. The van der Waals surface area contributed by atoms with Gasteiger partial charge in [0.2, 0.25) is 11.8 Å². The first kappa shape index (κ1) is 21.7. The molecule has 2 aliphatic rings. The number of sulfone groups is 1. The lowest BCUT2D eigenvalue weighted by Crippen LogP contribution is -2.53. The molecule has 2 unspecified atom stereocenters. The lowest BCUT2D eigenvalue weighted by molar-refractivity contribution is -0.147. The third kappa shape index (κ3) is 5.33. The van der Waals surface area contributed by atoms with E-state index < -0.39 is 15.9 Å². The van der Waals surface area contributed by atoms with E-state index >= 15 is 0 Å². The van der Waals surface area contributed by atoms with Crippen LogP contribution in [0.15, 0.2) is 24.3 Å². The van der Waals surface area contributed by atoms with Crippen LogP contribution in [0.3, 0.4) is 0 Å². The van der Waals surface area contributed by atoms with Gasteiger partial charge in [0.15, 0.2) is 0 Å². The van der Waals surface area contributed by atoms with Gasteiger partial charge in [0, 0.05) is 52.4 Å². The highest BCUT2D eigenvalue weighted by molar-refractivity contribution is 7.90. The van der Waals surface area contributed by atoms with Crippen LogP contribution in [0.2, 0.25) is 0 Å². The summed E-state index contributed by atoms with van der Waals surface area (Å²) in [5, 5.41) is 0. The van der Waals surface area contributed by atoms with Crippen molar-refractivity contribution in [1.82, 2.24) is 14.7 Å². The van der Waals surface area contributed by atoms with Gasteiger partial charge in [-0.15, -0.1) is 0 Å².